The Balaban J connectivity index is 2.66. The molecule has 4 heteroatoms. The van der Waals surface area contributed by atoms with Crippen molar-refractivity contribution in [2.75, 3.05) is 13.1 Å². The zero-order valence-electron chi connectivity index (χ0n) is 12.4. The summed E-state index contributed by atoms with van der Waals surface area (Å²) in [5.41, 5.74) is -0.900. The van der Waals surface area contributed by atoms with Gasteiger partial charge in [-0.2, -0.15) is 0 Å². The monoisotopic (exact) mass is 255 g/mol. The molecule has 1 amide bonds. The third kappa shape index (κ3) is 3.47. The second-order valence-corrected chi connectivity index (χ2v) is 6.73. The quantitative estimate of drug-likeness (QED) is 0.762. The number of ketones is 1. The zero-order valence-corrected chi connectivity index (χ0v) is 12.4. The topological polar surface area (TPSA) is 46.6 Å². The lowest BCUT2D eigenvalue weighted by Gasteiger charge is -2.27. The van der Waals surface area contributed by atoms with Crippen molar-refractivity contribution < 1.29 is 14.3 Å². The van der Waals surface area contributed by atoms with Crippen LogP contribution in [0.1, 0.15) is 48.0 Å². The Morgan fingerprint density at radius 3 is 2.28 bits per heavy atom. The minimum Gasteiger partial charge on any atom is -0.444 e. The average molecular weight is 255 g/mol. The van der Waals surface area contributed by atoms with E-state index in [1.807, 2.05) is 41.5 Å². The molecule has 0 bridgehead atoms. The van der Waals surface area contributed by atoms with Crippen molar-refractivity contribution in [3.05, 3.63) is 0 Å². The maximum absolute atomic E-state index is 12.1. The molecule has 0 aromatic rings. The van der Waals surface area contributed by atoms with Crippen LogP contribution in [0.5, 0.6) is 0 Å². The van der Waals surface area contributed by atoms with Gasteiger partial charge in [-0.15, -0.1) is 0 Å². The summed E-state index contributed by atoms with van der Waals surface area (Å²) in [6, 6.07) is 0. The highest BCUT2D eigenvalue weighted by molar-refractivity contribution is 5.87. The lowest BCUT2D eigenvalue weighted by molar-refractivity contribution is -0.130. The molecule has 0 spiro atoms. The van der Waals surface area contributed by atoms with E-state index in [0.717, 1.165) is 6.42 Å². The number of hydrogen-bond donors (Lipinski definition) is 0. The fraction of sp³-hybridized carbons (Fsp3) is 0.857. The summed E-state index contributed by atoms with van der Waals surface area (Å²) in [5.74, 6) is 0.238. The average Bonchev–Trinajstić information content (AvgIpc) is 2.58. The Labute approximate surface area is 110 Å². The van der Waals surface area contributed by atoms with Crippen molar-refractivity contribution in [2.24, 2.45) is 11.3 Å². The first-order chi connectivity index (χ1) is 8.05. The van der Waals surface area contributed by atoms with Gasteiger partial charge in [0.1, 0.15) is 11.4 Å². The van der Waals surface area contributed by atoms with Gasteiger partial charge < -0.3 is 9.64 Å². The molecule has 1 rings (SSSR count). The lowest BCUT2D eigenvalue weighted by atomic mass is 9.80. The van der Waals surface area contributed by atoms with Crippen molar-refractivity contribution in [3.8, 4) is 0 Å². The summed E-state index contributed by atoms with van der Waals surface area (Å²) in [4.78, 5) is 25.7. The third-order valence-electron chi connectivity index (χ3n) is 3.24. The molecule has 0 saturated carbocycles. The van der Waals surface area contributed by atoms with E-state index in [-0.39, 0.29) is 17.8 Å². The van der Waals surface area contributed by atoms with Crippen LogP contribution < -0.4 is 0 Å². The van der Waals surface area contributed by atoms with Crippen molar-refractivity contribution >= 4 is 11.9 Å². The number of carbonyl (C=O) groups is 2. The van der Waals surface area contributed by atoms with E-state index in [1.54, 1.807) is 4.90 Å². The van der Waals surface area contributed by atoms with E-state index < -0.39 is 11.0 Å². The van der Waals surface area contributed by atoms with E-state index >= 15 is 0 Å². The van der Waals surface area contributed by atoms with E-state index in [2.05, 4.69) is 0 Å². The van der Waals surface area contributed by atoms with Gasteiger partial charge in [-0.25, -0.2) is 4.79 Å². The maximum Gasteiger partial charge on any atom is 0.410 e. The molecule has 1 aliphatic heterocycles. The zero-order chi connectivity index (χ0) is 14.1. The van der Waals surface area contributed by atoms with Crippen LogP contribution in [0, 0.1) is 11.3 Å². The molecule has 18 heavy (non-hydrogen) atoms. The first kappa shape index (κ1) is 15.0. The highest BCUT2D eigenvalue weighted by Gasteiger charge is 2.43. The van der Waals surface area contributed by atoms with Crippen LogP contribution in [0.15, 0.2) is 0 Å². The lowest BCUT2D eigenvalue weighted by Crippen LogP contribution is -2.39. The summed E-state index contributed by atoms with van der Waals surface area (Å²) in [7, 11) is 0. The van der Waals surface area contributed by atoms with Crippen molar-refractivity contribution in [2.45, 2.75) is 53.6 Å². The molecule has 0 N–H and O–H groups in total. The number of carbonyl (C=O) groups excluding carboxylic acids is 2. The second-order valence-electron chi connectivity index (χ2n) is 6.73. The molecular formula is C14H25NO3. The molecule has 1 aliphatic rings. The molecule has 0 radical (unpaired) electrons. The van der Waals surface area contributed by atoms with Gasteiger partial charge in [0, 0.05) is 24.4 Å². The normalized spacial score (nSPS) is 24.5. The van der Waals surface area contributed by atoms with Crippen molar-refractivity contribution in [1.29, 1.82) is 0 Å². The van der Waals surface area contributed by atoms with E-state index in [4.69, 9.17) is 4.74 Å². The van der Waals surface area contributed by atoms with E-state index in [1.165, 1.54) is 0 Å². The summed E-state index contributed by atoms with van der Waals surface area (Å²) in [6.45, 7) is 12.4. The predicted molar refractivity (Wildman–Crippen MR) is 70.4 cm³/mol. The molecule has 1 atom stereocenters. The van der Waals surface area contributed by atoms with Gasteiger partial charge in [-0.3, -0.25) is 4.79 Å². The van der Waals surface area contributed by atoms with Crippen LogP contribution >= 0.6 is 0 Å². The highest BCUT2D eigenvalue weighted by atomic mass is 16.6. The molecule has 1 heterocycles. The molecule has 4 nitrogen and oxygen atoms in total. The minimum atomic E-state index is -0.488. The molecule has 0 aromatic carbocycles. The highest BCUT2D eigenvalue weighted by Crippen LogP contribution is 2.34. The van der Waals surface area contributed by atoms with Crippen LogP contribution in [0.3, 0.4) is 0 Å². The van der Waals surface area contributed by atoms with Gasteiger partial charge in [0.2, 0.25) is 0 Å². The Morgan fingerprint density at radius 2 is 1.83 bits per heavy atom. The van der Waals surface area contributed by atoms with Crippen LogP contribution in [0.2, 0.25) is 0 Å². The number of hydrogen-bond acceptors (Lipinski definition) is 3. The van der Waals surface area contributed by atoms with Crippen molar-refractivity contribution in [1.82, 2.24) is 4.90 Å². The van der Waals surface area contributed by atoms with Crippen LogP contribution in [-0.4, -0.2) is 35.5 Å². The van der Waals surface area contributed by atoms with Gasteiger partial charge in [-0.1, -0.05) is 20.8 Å². The molecule has 1 saturated heterocycles. The Bertz CT molecular complexity index is 343. The number of likely N-dealkylation sites (tertiary alicyclic amines) is 1. The van der Waals surface area contributed by atoms with E-state index in [0.29, 0.717) is 13.1 Å². The number of Topliss-reactive ketones (excluding diaryl/α,β-unsaturated/α-hetero) is 1. The first-order valence-corrected chi connectivity index (χ1v) is 6.57. The SMILES string of the molecule is CC(C)C(=O)C1(C)CCN(C(=O)OC(C)(C)C)C1. The van der Waals surface area contributed by atoms with Crippen molar-refractivity contribution in [3.63, 3.8) is 0 Å². The van der Waals surface area contributed by atoms with Gasteiger partial charge >= 0.3 is 6.09 Å². The van der Waals surface area contributed by atoms with Crippen LogP contribution in [-0.2, 0) is 9.53 Å². The number of amides is 1. The predicted octanol–water partition coefficient (Wildman–Crippen LogP) is 2.86. The fourth-order valence-corrected chi connectivity index (χ4v) is 2.34. The Hall–Kier alpha value is -1.06. The molecule has 1 unspecified atom stereocenters. The summed E-state index contributed by atoms with van der Waals surface area (Å²) in [6.07, 6.45) is 0.409. The van der Waals surface area contributed by atoms with Gasteiger partial charge in [0.25, 0.3) is 0 Å². The Kier molecular flexibility index (Phi) is 4.08. The van der Waals surface area contributed by atoms with Gasteiger partial charge in [0.15, 0.2) is 0 Å². The first-order valence-electron chi connectivity index (χ1n) is 6.57. The minimum absolute atomic E-state index is 0.00795. The molecular weight excluding hydrogens is 230 g/mol. The molecule has 1 fully saturated rings. The molecule has 104 valence electrons. The van der Waals surface area contributed by atoms with E-state index in [9.17, 15) is 9.59 Å². The van der Waals surface area contributed by atoms with Gasteiger partial charge in [0.05, 0.1) is 0 Å². The number of rotatable bonds is 2. The summed E-state index contributed by atoms with van der Waals surface area (Å²) in [5, 5.41) is 0. The van der Waals surface area contributed by atoms with Gasteiger partial charge in [-0.05, 0) is 27.2 Å². The maximum atomic E-state index is 12.1. The van der Waals surface area contributed by atoms with Crippen LogP contribution in [0.4, 0.5) is 4.79 Å². The third-order valence-corrected chi connectivity index (χ3v) is 3.24. The van der Waals surface area contributed by atoms with Crippen LogP contribution in [0.25, 0.3) is 0 Å². The second kappa shape index (κ2) is 4.90. The summed E-state index contributed by atoms with van der Waals surface area (Å²) < 4.78 is 5.33. The number of nitrogens with zero attached hydrogens (tertiary/aromatic N) is 1. The smallest absolute Gasteiger partial charge is 0.410 e. The number of ether oxygens (including phenoxy) is 1. The molecule has 0 aliphatic carbocycles. The standard InChI is InChI=1S/C14H25NO3/c1-10(2)11(16)14(6)7-8-15(9-14)12(17)18-13(3,4)5/h10H,7-9H2,1-6H3. The Morgan fingerprint density at radius 1 is 1.28 bits per heavy atom. The fourth-order valence-electron chi connectivity index (χ4n) is 2.34. The largest absolute Gasteiger partial charge is 0.444 e. The summed E-state index contributed by atoms with van der Waals surface area (Å²) >= 11 is 0. The molecule has 0 aromatic heterocycles.